The molecule has 0 spiro atoms. The minimum absolute atomic E-state index is 0.931. The number of nitrogen functional groups attached to an aromatic ring is 1. The molecule has 2 aromatic rings. The van der Waals surface area contributed by atoms with Gasteiger partial charge < -0.3 is 0 Å². The Morgan fingerprint density at radius 3 is 2.58 bits per heavy atom. The van der Waals surface area contributed by atoms with E-state index < -0.39 is 0 Å². The van der Waals surface area contributed by atoms with Gasteiger partial charge in [0.1, 0.15) is 0 Å². The molecule has 2 N–H and O–H groups in total. The zero-order valence-corrected chi connectivity index (χ0v) is 9.04. The first-order valence-corrected chi connectivity index (χ1v) is 5.03. The van der Waals surface area contributed by atoms with E-state index in [0.29, 0.717) is 0 Å². The second-order valence-electron chi connectivity index (χ2n) is 3.00. The average Bonchev–Trinajstić information content (AvgIpc) is 2.12. The summed E-state index contributed by atoms with van der Waals surface area (Å²) in [6.07, 6.45) is 0. The molecule has 0 amide bonds. The molecule has 0 aliphatic heterocycles. The normalized spacial score (nSPS) is 10.5. The maximum atomic E-state index is 5.82. The molecule has 2 rings (SSSR count). The van der Waals surface area contributed by atoms with Crippen LogP contribution < -0.4 is 8.55 Å². The van der Waals surface area contributed by atoms with E-state index >= 15 is 0 Å². The van der Waals surface area contributed by atoms with E-state index in [-0.39, 0.29) is 0 Å². The third-order valence-corrected chi connectivity index (χ3v) is 3.36. The molecule has 0 fully saturated rings. The monoisotopic (exact) mass is 165 g/mol. The van der Waals surface area contributed by atoms with Crippen LogP contribution in [-0.2, 0) is 0 Å². The summed E-state index contributed by atoms with van der Waals surface area (Å²) < 4.78 is 1.31. The van der Waals surface area contributed by atoms with Crippen LogP contribution in [-0.4, -0.2) is 27.9 Å². The molecule has 0 saturated heterocycles. The molecule has 12 heavy (non-hydrogen) atoms. The van der Waals surface area contributed by atoms with Gasteiger partial charge in [-0.3, -0.25) is 0 Å². The van der Waals surface area contributed by atoms with Crippen LogP contribution in [0.3, 0.4) is 0 Å². The van der Waals surface area contributed by atoms with E-state index in [1.807, 2.05) is 6.07 Å². The van der Waals surface area contributed by atoms with Gasteiger partial charge in [0, 0.05) is 0 Å². The first-order chi connectivity index (χ1) is 5.79. The van der Waals surface area contributed by atoms with E-state index in [1.54, 1.807) is 0 Å². The van der Waals surface area contributed by atoms with Crippen molar-refractivity contribution in [3.63, 3.8) is 0 Å². The van der Waals surface area contributed by atoms with Crippen LogP contribution in [0.15, 0.2) is 36.4 Å². The molecule has 0 bridgehead atoms. The first-order valence-electron chi connectivity index (χ1n) is 4.03. The Kier molecular flexibility index (Phi) is 2.09. The zero-order valence-electron chi connectivity index (χ0n) is 7.04. The maximum absolute atomic E-state index is 5.82. The Balaban J connectivity index is 2.91. The number of anilines is 1. The summed E-state index contributed by atoms with van der Waals surface area (Å²) in [7, 11) is 0. The SMILES string of the molecule is Nc1ccc2ccccc2[c]1[Na]. The Bertz CT molecular complexity index is 423. The molecule has 54 valence electrons. The number of hydrogen-bond acceptors (Lipinski definition) is 1. The van der Waals surface area contributed by atoms with Crippen LogP contribution in [0.4, 0.5) is 5.69 Å². The van der Waals surface area contributed by atoms with Gasteiger partial charge in [0.15, 0.2) is 0 Å². The number of rotatable bonds is 0. The third-order valence-electron chi connectivity index (χ3n) is 2.24. The molecule has 2 aromatic carbocycles. The van der Waals surface area contributed by atoms with Gasteiger partial charge >= 0.3 is 89.3 Å². The fourth-order valence-corrected chi connectivity index (χ4v) is 2.07. The van der Waals surface area contributed by atoms with Crippen molar-refractivity contribution in [3.05, 3.63) is 36.4 Å². The van der Waals surface area contributed by atoms with Crippen LogP contribution in [0.2, 0.25) is 0 Å². The predicted octanol–water partition coefficient (Wildman–Crippen LogP) is 1.22. The van der Waals surface area contributed by atoms with Crippen molar-refractivity contribution in [2.24, 2.45) is 0 Å². The molecule has 0 heterocycles. The van der Waals surface area contributed by atoms with Gasteiger partial charge in [-0.1, -0.05) is 0 Å². The van der Waals surface area contributed by atoms with Crippen molar-refractivity contribution in [1.82, 2.24) is 0 Å². The molecule has 0 aliphatic rings. The Hall–Kier alpha value is -0.500. The fraction of sp³-hybridized carbons (Fsp3) is 0. The summed E-state index contributed by atoms with van der Waals surface area (Å²) in [5.41, 5.74) is 6.75. The van der Waals surface area contributed by atoms with Gasteiger partial charge in [-0.05, 0) is 0 Å². The standard InChI is InChI=1S/C10H8N.Na/c11-10-6-5-8-3-1-2-4-9(8)7-10;/h1-6H,11H2;. The van der Waals surface area contributed by atoms with Gasteiger partial charge in [-0.15, -0.1) is 0 Å². The van der Waals surface area contributed by atoms with Crippen LogP contribution >= 0.6 is 0 Å². The van der Waals surface area contributed by atoms with Crippen molar-refractivity contribution < 1.29 is 0 Å². The summed E-state index contributed by atoms with van der Waals surface area (Å²) in [6, 6.07) is 12.4. The van der Waals surface area contributed by atoms with Gasteiger partial charge in [0.05, 0.1) is 0 Å². The predicted molar refractivity (Wildman–Crippen MR) is 53.7 cm³/mol. The summed E-state index contributed by atoms with van der Waals surface area (Å²) in [5, 5.41) is 2.60. The van der Waals surface area contributed by atoms with Gasteiger partial charge in [0.2, 0.25) is 0 Å². The van der Waals surface area contributed by atoms with Crippen LogP contribution in [0.1, 0.15) is 0 Å². The molecule has 0 saturated carbocycles. The summed E-state index contributed by atoms with van der Waals surface area (Å²) in [6.45, 7) is 0. The first kappa shape index (κ1) is 8.11. The van der Waals surface area contributed by atoms with Crippen molar-refractivity contribution >= 4 is 47.2 Å². The molecule has 0 atom stereocenters. The van der Waals surface area contributed by atoms with E-state index in [0.717, 1.165) is 33.6 Å². The number of hydrogen-bond donors (Lipinski definition) is 1. The fourth-order valence-electron chi connectivity index (χ4n) is 1.44. The van der Waals surface area contributed by atoms with E-state index in [2.05, 4.69) is 30.3 Å². The van der Waals surface area contributed by atoms with Crippen molar-refractivity contribution in [3.8, 4) is 0 Å². The second kappa shape index (κ2) is 3.09. The summed E-state index contributed by atoms with van der Waals surface area (Å²) >= 11 is 1.01. The van der Waals surface area contributed by atoms with E-state index in [4.69, 9.17) is 5.73 Å². The van der Waals surface area contributed by atoms with Gasteiger partial charge in [-0.2, -0.15) is 0 Å². The van der Waals surface area contributed by atoms with Crippen molar-refractivity contribution in [2.45, 2.75) is 0 Å². The molecule has 0 aromatic heterocycles. The van der Waals surface area contributed by atoms with E-state index in [9.17, 15) is 0 Å². The Morgan fingerprint density at radius 2 is 1.75 bits per heavy atom. The molecule has 1 nitrogen and oxygen atoms in total. The topological polar surface area (TPSA) is 26.0 Å². The average molecular weight is 165 g/mol. The van der Waals surface area contributed by atoms with Crippen molar-refractivity contribution in [1.29, 1.82) is 0 Å². The molecule has 0 aliphatic carbocycles. The second-order valence-corrected chi connectivity index (χ2v) is 4.00. The third kappa shape index (κ3) is 1.24. The van der Waals surface area contributed by atoms with Crippen LogP contribution in [0.5, 0.6) is 0 Å². The summed E-state index contributed by atoms with van der Waals surface area (Å²) in [4.78, 5) is 0. The van der Waals surface area contributed by atoms with E-state index in [1.165, 1.54) is 13.6 Å². The van der Waals surface area contributed by atoms with Gasteiger partial charge in [-0.25, -0.2) is 0 Å². The molecular weight excluding hydrogens is 157 g/mol. The Morgan fingerprint density at radius 1 is 1.00 bits per heavy atom. The van der Waals surface area contributed by atoms with Crippen LogP contribution in [0.25, 0.3) is 10.8 Å². The number of fused-ring (bicyclic) bond motifs is 1. The molecule has 0 radical (unpaired) electrons. The quantitative estimate of drug-likeness (QED) is 0.461. The van der Waals surface area contributed by atoms with Gasteiger partial charge in [0.25, 0.3) is 0 Å². The Labute approximate surface area is 89.0 Å². The molecule has 0 unspecified atom stereocenters. The summed E-state index contributed by atoms with van der Waals surface area (Å²) in [5.74, 6) is 0. The molecule has 2 heteroatoms. The zero-order chi connectivity index (χ0) is 8.55. The molecular formula is C10H8NNa. The van der Waals surface area contributed by atoms with Crippen molar-refractivity contribution in [2.75, 3.05) is 5.73 Å². The minimum atomic E-state index is 0.931. The number of benzene rings is 2. The van der Waals surface area contributed by atoms with Crippen LogP contribution in [0, 0.1) is 0 Å². The number of nitrogens with two attached hydrogens (primary N) is 1.